The van der Waals surface area contributed by atoms with Crippen LogP contribution in [0.1, 0.15) is 19.3 Å². The van der Waals surface area contributed by atoms with Crippen LogP contribution in [0.4, 0.5) is 0 Å². The molecule has 0 aromatic heterocycles. The van der Waals surface area contributed by atoms with Gasteiger partial charge in [-0.1, -0.05) is 11.6 Å². The van der Waals surface area contributed by atoms with Crippen LogP contribution < -0.4 is 5.32 Å². The molecule has 2 atom stereocenters. The van der Waals surface area contributed by atoms with Crippen molar-refractivity contribution in [3.63, 3.8) is 0 Å². The lowest BCUT2D eigenvalue weighted by molar-refractivity contribution is -0.141. The molecule has 0 spiro atoms. The zero-order chi connectivity index (χ0) is 14.5. The molecule has 4 nitrogen and oxygen atoms in total. The number of aliphatic carboxylic acids is 1. The van der Waals surface area contributed by atoms with Gasteiger partial charge in [0.25, 0.3) is 0 Å². The molecule has 1 aromatic carbocycles. The van der Waals surface area contributed by atoms with Crippen LogP contribution in [0, 0.1) is 5.92 Å². The Hall–Kier alpha value is -1.20. The summed E-state index contributed by atoms with van der Waals surface area (Å²) >= 11 is 7.23. The maximum Gasteiger partial charge on any atom is 0.306 e. The fraction of sp³-hybridized carbons (Fsp3) is 0.429. The summed E-state index contributed by atoms with van der Waals surface area (Å²) in [5.74, 6) is -0.807. The highest BCUT2D eigenvalue weighted by molar-refractivity contribution is 8.00. The number of amides is 1. The second-order valence-electron chi connectivity index (χ2n) is 4.86. The van der Waals surface area contributed by atoms with Crippen molar-refractivity contribution in [2.45, 2.75) is 30.2 Å². The summed E-state index contributed by atoms with van der Waals surface area (Å²) in [7, 11) is 0. The average Bonchev–Trinajstić information content (AvgIpc) is 2.87. The summed E-state index contributed by atoms with van der Waals surface area (Å²) in [4.78, 5) is 23.6. The van der Waals surface area contributed by atoms with Crippen LogP contribution in [0.5, 0.6) is 0 Å². The largest absolute Gasteiger partial charge is 0.481 e. The Kier molecular flexibility index (Phi) is 5.31. The van der Waals surface area contributed by atoms with Crippen molar-refractivity contribution >= 4 is 35.2 Å². The molecule has 0 radical (unpaired) electrons. The lowest BCUT2D eigenvalue weighted by atomic mass is 10.1. The van der Waals surface area contributed by atoms with Gasteiger partial charge in [0.15, 0.2) is 0 Å². The Morgan fingerprint density at radius 2 is 2.00 bits per heavy atom. The molecule has 0 bridgehead atoms. The molecular formula is C14H16ClNO3S. The van der Waals surface area contributed by atoms with Crippen molar-refractivity contribution in [3.05, 3.63) is 29.3 Å². The molecule has 1 aliphatic rings. The molecule has 1 aliphatic carbocycles. The zero-order valence-electron chi connectivity index (χ0n) is 10.8. The van der Waals surface area contributed by atoms with Crippen LogP contribution in [0.15, 0.2) is 29.2 Å². The zero-order valence-corrected chi connectivity index (χ0v) is 12.4. The number of carbonyl (C=O) groups excluding carboxylic acids is 1. The van der Waals surface area contributed by atoms with Crippen LogP contribution in [0.3, 0.4) is 0 Å². The SMILES string of the molecule is O=C(CSc1ccc(Cl)cc1)N[C@@H]1CC[C@H](C(=O)O)C1. The van der Waals surface area contributed by atoms with Crippen LogP contribution in [0.25, 0.3) is 0 Å². The van der Waals surface area contributed by atoms with Crippen molar-refractivity contribution < 1.29 is 14.7 Å². The molecule has 6 heteroatoms. The lowest BCUT2D eigenvalue weighted by Crippen LogP contribution is -2.34. The first-order valence-electron chi connectivity index (χ1n) is 6.45. The van der Waals surface area contributed by atoms with E-state index in [2.05, 4.69) is 5.32 Å². The fourth-order valence-corrected chi connectivity index (χ4v) is 3.12. The Labute approximate surface area is 126 Å². The van der Waals surface area contributed by atoms with E-state index in [1.165, 1.54) is 11.8 Å². The van der Waals surface area contributed by atoms with E-state index >= 15 is 0 Å². The van der Waals surface area contributed by atoms with Crippen LogP contribution >= 0.6 is 23.4 Å². The first-order chi connectivity index (χ1) is 9.54. The number of benzene rings is 1. The second kappa shape index (κ2) is 6.99. The van der Waals surface area contributed by atoms with Crippen molar-refractivity contribution in [1.82, 2.24) is 5.32 Å². The van der Waals surface area contributed by atoms with E-state index in [9.17, 15) is 9.59 Å². The number of nitrogens with one attached hydrogen (secondary N) is 1. The number of rotatable bonds is 5. The number of thioether (sulfide) groups is 1. The van der Waals surface area contributed by atoms with E-state index in [4.69, 9.17) is 16.7 Å². The van der Waals surface area contributed by atoms with E-state index in [1.54, 1.807) is 12.1 Å². The first kappa shape index (κ1) is 15.2. The summed E-state index contributed by atoms with van der Waals surface area (Å²) in [5, 5.41) is 12.5. The molecule has 1 amide bonds. The minimum absolute atomic E-state index is 0.00517. The monoisotopic (exact) mass is 313 g/mol. The molecule has 0 unspecified atom stereocenters. The minimum Gasteiger partial charge on any atom is -0.481 e. The van der Waals surface area contributed by atoms with E-state index in [1.807, 2.05) is 12.1 Å². The number of hydrogen-bond acceptors (Lipinski definition) is 3. The first-order valence-corrected chi connectivity index (χ1v) is 7.81. The minimum atomic E-state index is -0.766. The predicted octanol–water partition coefficient (Wildman–Crippen LogP) is 2.80. The number of hydrogen-bond donors (Lipinski definition) is 2. The number of carbonyl (C=O) groups is 2. The van der Waals surface area contributed by atoms with Gasteiger partial charge in [0, 0.05) is 16.0 Å². The molecule has 2 rings (SSSR count). The van der Waals surface area contributed by atoms with Gasteiger partial charge in [0.2, 0.25) is 5.91 Å². The standard InChI is InChI=1S/C14H16ClNO3S/c15-10-2-5-12(6-3-10)20-8-13(17)16-11-4-1-9(7-11)14(18)19/h2-3,5-6,9,11H,1,4,7-8H2,(H,16,17)(H,18,19)/t9-,11+/m0/s1. The molecule has 0 saturated heterocycles. The summed E-state index contributed by atoms with van der Waals surface area (Å²) in [5.41, 5.74) is 0. The van der Waals surface area contributed by atoms with Crippen molar-refractivity contribution in [3.8, 4) is 0 Å². The summed E-state index contributed by atoms with van der Waals surface area (Å²) in [6.45, 7) is 0. The van der Waals surface area contributed by atoms with Gasteiger partial charge in [-0.3, -0.25) is 9.59 Å². The number of carboxylic acid groups (broad SMARTS) is 1. The fourth-order valence-electron chi connectivity index (χ4n) is 2.29. The van der Waals surface area contributed by atoms with Crippen LogP contribution in [-0.2, 0) is 9.59 Å². The van der Waals surface area contributed by atoms with Gasteiger partial charge in [0.05, 0.1) is 11.7 Å². The van der Waals surface area contributed by atoms with Gasteiger partial charge >= 0.3 is 5.97 Å². The average molecular weight is 314 g/mol. The maximum atomic E-state index is 11.8. The summed E-state index contributed by atoms with van der Waals surface area (Å²) < 4.78 is 0. The van der Waals surface area contributed by atoms with Crippen molar-refractivity contribution in [1.29, 1.82) is 0 Å². The predicted molar refractivity (Wildman–Crippen MR) is 79.1 cm³/mol. The quantitative estimate of drug-likeness (QED) is 0.820. The highest BCUT2D eigenvalue weighted by Gasteiger charge is 2.30. The van der Waals surface area contributed by atoms with Gasteiger partial charge < -0.3 is 10.4 Å². The molecule has 20 heavy (non-hydrogen) atoms. The van der Waals surface area contributed by atoms with Crippen LogP contribution in [0.2, 0.25) is 5.02 Å². The van der Waals surface area contributed by atoms with Gasteiger partial charge in [-0.05, 0) is 43.5 Å². The summed E-state index contributed by atoms with van der Waals surface area (Å²) in [6, 6.07) is 7.31. The molecule has 1 saturated carbocycles. The van der Waals surface area contributed by atoms with E-state index < -0.39 is 5.97 Å². The van der Waals surface area contributed by atoms with Crippen molar-refractivity contribution in [2.24, 2.45) is 5.92 Å². The molecule has 1 aromatic rings. The van der Waals surface area contributed by atoms with E-state index in [0.29, 0.717) is 23.6 Å². The van der Waals surface area contributed by atoms with Crippen LogP contribution in [-0.4, -0.2) is 28.8 Å². The molecule has 1 fully saturated rings. The van der Waals surface area contributed by atoms with Gasteiger partial charge in [-0.15, -0.1) is 11.8 Å². The normalized spacial score (nSPS) is 21.6. The Bertz CT molecular complexity index is 492. The maximum absolute atomic E-state index is 11.8. The third-order valence-corrected chi connectivity index (χ3v) is 4.59. The Balaban J connectivity index is 1.73. The van der Waals surface area contributed by atoms with Gasteiger partial charge in [-0.2, -0.15) is 0 Å². The molecule has 0 aliphatic heterocycles. The van der Waals surface area contributed by atoms with E-state index in [-0.39, 0.29) is 17.9 Å². The van der Waals surface area contributed by atoms with Gasteiger partial charge in [0.1, 0.15) is 0 Å². The Morgan fingerprint density at radius 3 is 2.60 bits per heavy atom. The number of carboxylic acids is 1. The topological polar surface area (TPSA) is 66.4 Å². The van der Waals surface area contributed by atoms with Crippen molar-refractivity contribution in [2.75, 3.05) is 5.75 Å². The van der Waals surface area contributed by atoms with E-state index in [0.717, 1.165) is 11.3 Å². The highest BCUT2D eigenvalue weighted by Crippen LogP contribution is 2.26. The third-order valence-electron chi connectivity index (χ3n) is 3.33. The third kappa shape index (κ3) is 4.42. The Morgan fingerprint density at radius 1 is 1.30 bits per heavy atom. The lowest BCUT2D eigenvalue weighted by Gasteiger charge is -2.12. The number of halogens is 1. The molecule has 0 heterocycles. The van der Waals surface area contributed by atoms with Gasteiger partial charge in [-0.25, -0.2) is 0 Å². The highest BCUT2D eigenvalue weighted by atomic mass is 35.5. The molecule has 2 N–H and O–H groups in total. The summed E-state index contributed by atoms with van der Waals surface area (Å²) in [6.07, 6.45) is 1.92. The smallest absolute Gasteiger partial charge is 0.306 e. The molecular weight excluding hydrogens is 298 g/mol. The molecule has 108 valence electrons. The second-order valence-corrected chi connectivity index (χ2v) is 6.34.